The molecule has 0 bridgehead atoms. The zero-order valence-electron chi connectivity index (χ0n) is 22.0. The van der Waals surface area contributed by atoms with Gasteiger partial charge < -0.3 is 0 Å². The van der Waals surface area contributed by atoms with Gasteiger partial charge in [-0.3, -0.25) is 4.79 Å². The van der Waals surface area contributed by atoms with Crippen molar-refractivity contribution in [1.29, 1.82) is 0 Å². The Morgan fingerprint density at radius 3 is 1.97 bits per heavy atom. The molecule has 0 aromatic rings. The average Bonchev–Trinajstić information content (AvgIpc) is 2.69. The largest absolute Gasteiger partial charge is 0.299 e. The molecule has 176 valence electrons. The maximum atomic E-state index is 12.7. The molecular formula is C30H50O. The Labute approximate surface area is 192 Å². The van der Waals surface area contributed by atoms with Gasteiger partial charge in [-0.15, -0.1) is 0 Å². The summed E-state index contributed by atoms with van der Waals surface area (Å²) in [5.74, 6) is 3.27. The van der Waals surface area contributed by atoms with E-state index in [9.17, 15) is 4.79 Å². The van der Waals surface area contributed by atoms with Crippen LogP contribution < -0.4 is 0 Å². The number of ketones is 1. The lowest BCUT2D eigenvalue weighted by Gasteiger charge is -2.74. The van der Waals surface area contributed by atoms with Gasteiger partial charge in [-0.1, -0.05) is 55.4 Å². The molecule has 0 spiro atoms. The van der Waals surface area contributed by atoms with E-state index in [0.717, 1.165) is 30.6 Å². The summed E-state index contributed by atoms with van der Waals surface area (Å²) in [6.07, 6.45) is 14.6. The first-order valence-corrected chi connectivity index (χ1v) is 13.7. The Morgan fingerprint density at radius 1 is 0.645 bits per heavy atom. The van der Waals surface area contributed by atoms with Gasteiger partial charge in [-0.25, -0.2) is 0 Å². The van der Waals surface area contributed by atoms with Crippen molar-refractivity contribution in [2.24, 2.45) is 56.2 Å². The molecule has 31 heavy (non-hydrogen) atoms. The van der Waals surface area contributed by atoms with E-state index in [-0.39, 0.29) is 11.3 Å². The highest BCUT2D eigenvalue weighted by Gasteiger charge is 2.70. The third-order valence-corrected chi connectivity index (χ3v) is 13.7. The van der Waals surface area contributed by atoms with E-state index < -0.39 is 0 Å². The smallest absolute Gasteiger partial charge is 0.136 e. The Bertz CT molecular complexity index is 781. The number of rotatable bonds is 0. The van der Waals surface area contributed by atoms with Crippen LogP contribution in [0.25, 0.3) is 0 Å². The van der Waals surface area contributed by atoms with Gasteiger partial charge in [0.1, 0.15) is 5.78 Å². The average molecular weight is 427 g/mol. The van der Waals surface area contributed by atoms with Crippen molar-refractivity contribution in [3.63, 3.8) is 0 Å². The topological polar surface area (TPSA) is 17.1 Å². The van der Waals surface area contributed by atoms with Crippen LogP contribution in [0.3, 0.4) is 0 Å². The van der Waals surface area contributed by atoms with Gasteiger partial charge in [0, 0.05) is 12.3 Å². The summed E-state index contributed by atoms with van der Waals surface area (Å²) < 4.78 is 0. The minimum atomic E-state index is 0.237. The molecule has 0 amide bonds. The molecule has 5 aliphatic carbocycles. The zero-order valence-corrected chi connectivity index (χ0v) is 22.0. The molecule has 5 fully saturated rings. The van der Waals surface area contributed by atoms with Gasteiger partial charge in [-0.2, -0.15) is 0 Å². The van der Waals surface area contributed by atoms with Crippen LogP contribution in [-0.2, 0) is 4.79 Å². The number of fused-ring (bicyclic) bond motifs is 7. The van der Waals surface area contributed by atoms with E-state index in [1.165, 1.54) is 57.8 Å². The number of hydrogen-bond donors (Lipinski definition) is 0. The van der Waals surface area contributed by atoms with Crippen molar-refractivity contribution in [2.45, 2.75) is 126 Å². The molecule has 9 atom stereocenters. The molecule has 0 radical (unpaired) electrons. The van der Waals surface area contributed by atoms with Crippen LogP contribution >= 0.6 is 0 Å². The first-order chi connectivity index (χ1) is 14.2. The van der Waals surface area contributed by atoms with Crippen molar-refractivity contribution in [3.05, 3.63) is 0 Å². The highest BCUT2D eigenvalue weighted by atomic mass is 16.1. The molecule has 0 saturated heterocycles. The fourth-order valence-electron chi connectivity index (χ4n) is 11.2. The van der Waals surface area contributed by atoms with Crippen LogP contribution in [0.2, 0.25) is 0 Å². The second-order valence-electron chi connectivity index (χ2n) is 15.3. The van der Waals surface area contributed by atoms with Gasteiger partial charge in [0.25, 0.3) is 0 Å². The van der Waals surface area contributed by atoms with E-state index in [0.29, 0.717) is 32.9 Å². The molecule has 5 rings (SSSR count). The molecule has 0 heterocycles. The molecule has 5 saturated carbocycles. The highest BCUT2D eigenvalue weighted by Crippen LogP contribution is 2.78. The molecule has 1 nitrogen and oxygen atoms in total. The lowest BCUT2D eigenvalue weighted by molar-refractivity contribution is -0.256. The van der Waals surface area contributed by atoms with Crippen LogP contribution in [0.1, 0.15) is 126 Å². The predicted octanol–water partition coefficient (Wildman–Crippen LogP) is 8.46. The van der Waals surface area contributed by atoms with Crippen molar-refractivity contribution in [2.75, 3.05) is 0 Å². The summed E-state index contributed by atoms with van der Waals surface area (Å²) in [5.41, 5.74) is 2.67. The maximum absolute atomic E-state index is 12.7. The van der Waals surface area contributed by atoms with Crippen LogP contribution in [-0.4, -0.2) is 5.78 Å². The molecule has 1 heteroatoms. The van der Waals surface area contributed by atoms with E-state index >= 15 is 0 Å². The predicted molar refractivity (Wildman–Crippen MR) is 130 cm³/mol. The van der Waals surface area contributed by atoms with E-state index in [1.807, 2.05) is 0 Å². The lowest BCUT2D eigenvalue weighted by atomic mass is 9.30. The summed E-state index contributed by atoms with van der Waals surface area (Å²) in [5, 5.41) is 0. The van der Waals surface area contributed by atoms with E-state index in [2.05, 4.69) is 55.4 Å². The second-order valence-corrected chi connectivity index (χ2v) is 15.3. The molecule has 0 aromatic heterocycles. The van der Waals surface area contributed by atoms with Gasteiger partial charge in [0.15, 0.2) is 0 Å². The lowest BCUT2D eigenvalue weighted by Crippen LogP contribution is -2.67. The highest BCUT2D eigenvalue weighted by molar-refractivity contribution is 5.82. The van der Waals surface area contributed by atoms with E-state index in [4.69, 9.17) is 0 Å². The Hall–Kier alpha value is -0.330. The third-order valence-electron chi connectivity index (χ3n) is 13.7. The third kappa shape index (κ3) is 2.70. The second kappa shape index (κ2) is 6.41. The fraction of sp³-hybridized carbons (Fsp3) is 0.967. The standard InChI is InChI=1S/C30H50O/c1-20-21(31)9-10-22-27(20,5)12-11-23-28(22,6)16-18-30(8)24-19-25(2,3)13-14-26(24,4)15-17-29(23,30)7/h20,22-24H,9-19H2,1-8H3/t20-,22-,23-,24-,26+,27+,28-,29+,30-/m0/s1. The van der Waals surface area contributed by atoms with Gasteiger partial charge >= 0.3 is 0 Å². The first-order valence-electron chi connectivity index (χ1n) is 13.7. The summed E-state index contributed by atoms with van der Waals surface area (Å²) >= 11 is 0. The Kier molecular flexibility index (Phi) is 4.65. The Morgan fingerprint density at radius 2 is 1.26 bits per heavy atom. The van der Waals surface area contributed by atoms with Crippen molar-refractivity contribution in [1.82, 2.24) is 0 Å². The molecule has 5 aliphatic rings. The summed E-state index contributed by atoms with van der Waals surface area (Å²) in [6, 6.07) is 0. The number of Topliss-reactive ketones (excluding diaryl/α,β-unsaturated/α-hetero) is 1. The summed E-state index contributed by atoms with van der Waals surface area (Å²) in [7, 11) is 0. The zero-order chi connectivity index (χ0) is 22.7. The van der Waals surface area contributed by atoms with Crippen LogP contribution in [0.15, 0.2) is 0 Å². The van der Waals surface area contributed by atoms with Gasteiger partial charge in [0.2, 0.25) is 0 Å². The normalized spacial score (nSPS) is 58.5. The first kappa shape index (κ1) is 22.5. The minimum absolute atomic E-state index is 0.237. The van der Waals surface area contributed by atoms with Gasteiger partial charge in [0.05, 0.1) is 0 Å². The van der Waals surface area contributed by atoms with Crippen LogP contribution in [0, 0.1) is 56.2 Å². The van der Waals surface area contributed by atoms with Gasteiger partial charge in [-0.05, 0) is 114 Å². The summed E-state index contributed by atoms with van der Waals surface area (Å²) in [6.45, 7) is 20.7. The quantitative estimate of drug-likeness (QED) is 0.379. The van der Waals surface area contributed by atoms with E-state index in [1.54, 1.807) is 0 Å². The van der Waals surface area contributed by atoms with Crippen molar-refractivity contribution in [3.8, 4) is 0 Å². The number of hydrogen-bond acceptors (Lipinski definition) is 1. The van der Waals surface area contributed by atoms with Crippen molar-refractivity contribution >= 4 is 5.78 Å². The maximum Gasteiger partial charge on any atom is 0.136 e. The fourth-order valence-corrected chi connectivity index (χ4v) is 11.2. The molecule has 0 aliphatic heterocycles. The monoisotopic (exact) mass is 426 g/mol. The van der Waals surface area contributed by atoms with Crippen molar-refractivity contribution < 1.29 is 4.79 Å². The van der Waals surface area contributed by atoms with Crippen LogP contribution in [0.5, 0.6) is 0 Å². The summed E-state index contributed by atoms with van der Waals surface area (Å²) in [4.78, 5) is 12.7. The Balaban J connectivity index is 1.55. The number of carbonyl (C=O) groups is 1. The molecular weight excluding hydrogens is 376 g/mol. The van der Waals surface area contributed by atoms with Crippen LogP contribution in [0.4, 0.5) is 0 Å². The minimum Gasteiger partial charge on any atom is -0.299 e. The molecule has 0 unspecified atom stereocenters. The molecule has 0 N–H and O–H groups in total. The molecule has 0 aromatic carbocycles. The number of carbonyl (C=O) groups excluding carboxylic acids is 1. The SMILES string of the molecule is C[C@H]1C(=O)CC[C@H]2[C@]1(C)CC[C@H]1[C@@]2(C)CC[C@@]2(C)[C@H]3CC(C)(C)CC[C@]3(C)CC[C@]12C.